The van der Waals surface area contributed by atoms with Crippen molar-refractivity contribution in [2.45, 2.75) is 58.5 Å². The van der Waals surface area contributed by atoms with Crippen molar-refractivity contribution in [2.24, 2.45) is 0 Å². The molecule has 0 atom stereocenters. The minimum atomic E-state index is -0.209. The molecule has 1 amide bonds. The third kappa shape index (κ3) is 5.03. The van der Waals surface area contributed by atoms with Gasteiger partial charge >= 0.3 is 0 Å². The van der Waals surface area contributed by atoms with Gasteiger partial charge in [0.25, 0.3) is 5.91 Å². The molecule has 0 radical (unpaired) electrons. The van der Waals surface area contributed by atoms with Crippen LogP contribution in [0.3, 0.4) is 0 Å². The number of aromatic nitrogens is 2. The van der Waals surface area contributed by atoms with E-state index in [0.29, 0.717) is 29.7 Å². The summed E-state index contributed by atoms with van der Waals surface area (Å²) in [6.45, 7) is 8.10. The standard InChI is InChI=1S/C24H32FN5O/c1-17-14-19(6-7-21(17)25)15-26-23-18(2)22(27-16-28-23)24(31)30-12-8-20(9-13-30)29-10-4-3-5-11-29/h6-7,14,16,20H,3-5,8-13,15H2,1-2H3,(H,26,27,28). The number of carbonyl (C=O) groups excluding carboxylic acids is 1. The quantitative estimate of drug-likeness (QED) is 0.786. The van der Waals surface area contributed by atoms with E-state index in [-0.39, 0.29) is 11.7 Å². The van der Waals surface area contributed by atoms with Crippen molar-refractivity contribution >= 4 is 11.7 Å². The maximum Gasteiger partial charge on any atom is 0.272 e. The molecule has 0 unspecified atom stereocenters. The molecule has 2 aromatic rings. The van der Waals surface area contributed by atoms with Crippen LogP contribution in [0.25, 0.3) is 0 Å². The number of hydrogen-bond donors (Lipinski definition) is 1. The Labute approximate surface area is 183 Å². The first-order chi connectivity index (χ1) is 15.0. The van der Waals surface area contributed by atoms with Crippen LogP contribution in [0.5, 0.6) is 0 Å². The molecule has 1 N–H and O–H groups in total. The number of hydrogen-bond acceptors (Lipinski definition) is 5. The summed E-state index contributed by atoms with van der Waals surface area (Å²) in [5.74, 6) is 0.417. The van der Waals surface area contributed by atoms with Crippen LogP contribution in [-0.4, -0.2) is 57.9 Å². The molecule has 2 fully saturated rings. The number of nitrogens with one attached hydrogen (secondary N) is 1. The monoisotopic (exact) mass is 425 g/mol. The summed E-state index contributed by atoms with van der Waals surface area (Å²) in [4.78, 5) is 26.3. The van der Waals surface area contributed by atoms with E-state index in [4.69, 9.17) is 0 Å². The molecule has 0 spiro atoms. The summed E-state index contributed by atoms with van der Waals surface area (Å²) in [5, 5.41) is 3.27. The average molecular weight is 426 g/mol. The Hall–Kier alpha value is -2.54. The van der Waals surface area contributed by atoms with Crippen LogP contribution in [0.15, 0.2) is 24.5 Å². The van der Waals surface area contributed by atoms with Gasteiger partial charge in [-0.05, 0) is 69.8 Å². The van der Waals surface area contributed by atoms with Gasteiger partial charge in [0, 0.05) is 31.2 Å². The maximum atomic E-state index is 13.5. The minimum Gasteiger partial charge on any atom is -0.366 e. The third-order valence-electron chi connectivity index (χ3n) is 6.63. The van der Waals surface area contributed by atoms with Gasteiger partial charge in [-0.2, -0.15) is 0 Å². The molecule has 1 aromatic heterocycles. The van der Waals surface area contributed by atoms with Crippen molar-refractivity contribution in [3.63, 3.8) is 0 Å². The molecule has 2 aliphatic rings. The molecule has 4 rings (SSSR count). The van der Waals surface area contributed by atoms with Crippen LogP contribution in [0, 0.1) is 19.7 Å². The highest BCUT2D eigenvalue weighted by Gasteiger charge is 2.29. The number of benzene rings is 1. The summed E-state index contributed by atoms with van der Waals surface area (Å²) in [6, 6.07) is 5.65. The lowest BCUT2D eigenvalue weighted by Crippen LogP contribution is -2.48. The topological polar surface area (TPSA) is 61.4 Å². The Bertz CT molecular complexity index is 920. The molecule has 0 bridgehead atoms. The van der Waals surface area contributed by atoms with Crippen molar-refractivity contribution in [1.82, 2.24) is 19.8 Å². The number of likely N-dealkylation sites (tertiary alicyclic amines) is 2. The fraction of sp³-hybridized carbons (Fsp3) is 0.542. The Morgan fingerprint density at radius 3 is 2.55 bits per heavy atom. The molecular weight excluding hydrogens is 393 g/mol. The number of piperidine rings is 2. The van der Waals surface area contributed by atoms with Crippen molar-refractivity contribution in [2.75, 3.05) is 31.5 Å². The van der Waals surface area contributed by atoms with Gasteiger partial charge in [0.15, 0.2) is 0 Å². The molecule has 6 nitrogen and oxygen atoms in total. The fourth-order valence-electron chi connectivity index (χ4n) is 4.71. The van der Waals surface area contributed by atoms with Crippen LogP contribution in [0.1, 0.15) is 59.3 Å². The number of aryl methyl sites for hydroxylation is 1. The van der Waals surface area contributed by atoms with Crippen molar-refractivity contribution < 1.29 is 9.18 Å². The van der Waals surface area contributed by atoms with Gasteiger partial charge in [-0.1, -0.05) is 18.6 Å². The van der Waals surface area contributed by atoms with E-state index in [1.165, 1.54) is 44.7 Å². The number of rotatable bonds is 5. The second-order valence-electron chi connectivity index (χ2n) is 8.75. The zero-order valence-corrected chi connectivity index (χ0v) is 18.5. The summed E-state index contributed by atoms with van der Waals surface area (Å²) >= 11 is 0. The SMILES string of the molecule is Cc1cc(CNc2ncnc(C(=O)N3CCC(N4CCCCC4)CC3)c2C)ccc1F. The van der Waals surface area contributed by atoms with E-state index in [2.05, 4.69) is 20.2 Å². The molecule has 0 aliphatic carbocycles. The van der Waals surface area contributed by atoms with Crippen LogP contribution in [-0.2, 0) is 6.54 Å². The molecule has 7 heteroatoms. The number of anilines is 1. The van der Waals surface area contributed by atoms with Crippen molar-refractivity contribution in [1.29, 1.82) is 0 Å². The van der Waals surface area contributed by atoms with E-state index >= 15 is 0 Å². The third-order valence-corrected chi connectivity index (χ3v) is 6.63. The van der Waals surface area contributed by atoms with Crippen molar-refractivity contribution in [3.8, 4) is 0 Å². The van der Waals surface area contributed by atoms with E-state index in [1.54, 1.807) is 13.0 Å². The molecular formula is C24H32FN5O. The van der Waals surface area contributed by atoms with Gasteiger partial charge in [0.2, 0.25) is 0 Å². The Balaban J connectivity index is 1.38. The smallest absolute Gasteiger partial charge is 0.272 e. The van der Waals surface area contributed by atoms with Gasteiger partial charge in [-0.3, -0.25) is 4.79 Å². The van der Waals surface area contributed by atoms with E-state index in [1.807, 2.05) is 17.9 Å². The molecule has 2 aliphatic heterocycles. The number of carbonyl (C=O) groups is 1. The normalized spacial score (nSPS) is 18.2. The molecule has 3 heterocycles. The number of nitrogens with zero attached hydrogens (tertiary/aromatic N) is 4. The molecule has 31 heavy (non-hydrogen) atoms. The second kappa shape index (κ2) is 9.73. The van der Waals surface area contributed by atoms with Crippen LogP contribution in [0.4, 0.5) is 10.2 Å². The van der Waals surface area contributed by atoms with Crippen molar-refractivity contribution in [3.05, 3.63) is 52.7 Å². The fourth-order valence-corrected chi connectivity index (χ4v) is 4.71. The second-order valence-corrected chi connectivity index (χ2v) is 8.75. The largest absolute Gasteiger partial charge is 0.366 e. The summed E-state index contributed by atoms with van der Waals surface area (Å²) < 4.78 is 13.5. The minimum absolute atomic E-state index is 0.0160. The first-order valence-corrected chi connectivity index (χ1v) is 11.4. The zero-order valence-electron chi connectivity index (χ0n) is 18.5. The maximum absolute atomic E-state index is 13.5. The Morgan fingerprint density at radius 1 is 1.10 bits per heavy atom. The first-order valence-electron chi connectivity index (χ1n) is 11.4. The van der Waals surface area contributed by atoms with E-state index < -0.39 is 0 Å². The molecule has 1 aromatic carbocycles. The van der Waals surface area contributed by atoms with Crippen LogP contribution in [0.2, 0.25) is 0 Å². The lowest BCUT2D eigenvalue weighted by atomic mass is 9.99. The molecule has 2 saturated heterocycles. The molecule has 166 valence electrons. The summed E-state index contributed by atoms with van der Waals surface area (Å²) in [6.07, 6.45) is 7.45. The predicted molar refractivity (Wildman–Crippen MR) is 120 cm³/mol. The molecule has 0 saturated carbocycles. The highest BCUT2D eigenvalue weighted by atomic mass is 19.1. The highest BCUT2D eigenvalue weighted by molar-refractivity contribution is 5.94. The highest BCUT2D eigenvalue weighted by Crippen LogP contribution is 2.23. The lowest BCUT2D eigenvalue weighted by Gasteiger charge is -2.40. The summed E-state index contributed by atoms with van der Waals surface area (Å²) in [7, 11) is 0. The lowest BCUT2D eigenvalue weighted by molar-refractivity contribution is 0.0584. The first kappa shape index (κ1) is 21.7. The zero-order chi connectivity index (χ0) is 21.8. The van der Waals surface area contributed by atoms with Gasteiger partial charge in [0.1, 0.15) is 23.7 Å². The van der Waals surface area contributed by atoms with Gasteiger partial charge < -0.3 is 15.1 Å². The number of halogens is 1. The Kier molecular flexibility index (Phi) is 6.80. The predicted octanol–water partition coefficient (Wildman–Crippen LogP) is 3.94. The van der Waals surface area contributed by atoms with Gasteiger partial charge in [-0.15, -0.1) is 0 Å². The average Bonchev–Trinajstić information content (AvgIpc) is 2.81. The van der Waals surface area contributed by atoms with Crippen LogP contribution < -0.4 is 5.32 Å². The van der Waals surface area contributed by atoms with E-state index in [0.717, 1.165) is 37.1 Å². The van der Waals surface area contributed by atoms with Gasteiger partial charge in [0.05, 0.1) is 0 Å². The van der Waals surface area contributed by atoms with Gasteiger partial charge in [-0.25, -0.2) is 14.4 Å². The summed E-state index contributed by atoms with van der Waals surface area (Å²) in [5.41, 5.74) is 2.79. The van der Waals surface area contributed by atoms with Crippen LogP contribution >= 0.6 is 0 Å². The Morgan fingerprint density at radius 2 is 1.84 bits per heavy atom. The number of amides is 1. The van der Waals surface area contributed by atoms with E-state index in [9.17, 15) is 9.18 Å².